The van der Waals surface area contributed by atoms with Gasteiger partial charge >= 0.3 is 0 Å². The smallest absolute Gasteiger partial charge is 0.248 e. The zero-order valence-corrected chi connectivity index (χ0v) is 18.5. The van der Waals surface area contributed by atoms with E-state index < -0.39 is 0 Å². The Labute approximate surface area is 186 Å². The van der Waals surface area contributed by atoms with Crippen LogP contribution in [0, 0.1) is 19.8 Å². The maximum Gasteiger partial charge on any atom is 0.248 e. The number of aliphatic hydroxyl groups is 1. The lowest BCUT2D eigenvalue weighted by Crippen LogP contribution is -2.23. The largest absolute Gasteiger partial charge is 0.496 e. The first-order valence-electron chi connectivity index (χ1n) is 10.7. The summed E-state index contributed by atoms with van der Waals surface area (Å²) in [5, 5.41) is 17.3. The van der Waals surface area contributed by atoms with Crippen molar-refractivity contribution >= 4 is 23.1 Å². The van der Waals surface area contributed by atoms with E-state index >= 15 is 0 Å². The van der Waals surface area contributed by atoms with Crippen molar-refractivity contribution < 1.29 is 9.84 Å². The van der Waals surface area contributed by atoms with Crippen molar-refractivity contribution in [2.75, 3.05) is 37.0 Å². The number of aromatic nitrogens is 5. The van der Waals surface area contributed by atoms with Gasteiger partial charge in [0.1, 0.15) is 17.6 Å². The Balaban J connectivity index is 1.44. The van der Waals surface area contributed by atoms with Crippen molar-refractivity contribution in [3.63, 3.8) is 0 Å². The Hall–Kier alpha value is -3.59. The Kier molecular flexibility index (Phi) is 5.18. The number of nitrogens with zero attached hydrogens (tertiary/aromatic N) is 6. The van der Waals surface area contributed by atoms with Crippen LogP contribution >= 0.6 is 0 Å². The summed E-state index contributed by atoms with van der Waals surface area (Å²) in [5.41, 5.74) is 4.20. The molecule has 2 N–H and O–H groups in total. The highest BCUT2D eigenvalue weighted by Gasteiger charge is 2.25. The minimum absolute atomic E-state index is 0.199. The van der Waals surface area contributed by atoms with Crippen molar-refractivity contribution in [3.8, 4) is 11.4 Å². The van der Waals surface area contributed by atoms with Gasteiger partial charge in [0.25, 0.3) is 0 Å². The fourth-order valence-corrected chi connectivity index (χ4v) is 4.19. The minimum Gasteiger partial charge on any atom is -0.496 e. The molecule has 0 aliphatic carbocycles. The second-order valence-electron chi connectivity index (χ2n) is 8.26. The zero-order chi connectivity index (χ0) is 22.2. The molecule has 0 saturated carbocycles. The molecule has 9 nitrogen and oxygen atoms in total. The molecule has 4 heterocycles. The van der Waals surface area contributed by atoms with Crippen molar-refractivity contribution in [1.82, 2.24) is 24.1 Å². The standard InChI is InChI=1S/C23H27N7O2/c1-15-9-18(10-20(32-3)16(15)2)29-12-21(24-14-29)25-23-26-22(19-5-4-7-30(19)27-23)28-8-6-17(11-28)13-31/h4-5,7,9-10,12,14,17,31H,6,8,11,13H2,1-3H3,(H,25,27)/t17-/m1/s1. The summed E-state index contributed by atoms with van der Waals surface area (Å²) in [6.45, 7) is 5.97. The summed E-state index contributed by atoms with van der Waals surface area (Å²) in [7, 11) is 1.68. The molecule has 3 aromatic heterocycles. The average Bonchev–Trinajstić information content (AvgIpc) is 3.55. The first-order chi connectivity index (χ1) is 15.6. The lowest BCUT2D eigenvalue weighted by molar-refractivity contribution is 0.238. The molecule has 1 aromatic carbocycles. The third-order valence-corrected chi connectivity index (χ3v) is 6.16. The lowest BCUT2D eigenvalue weighted by atomic mass is 10.1. The third kappa shape index (κ3) is 3.64. The van der Waals surface area contributed by atoms with Gasteiger partial charge in [-0.25, -0.2) is 9.50 Å². The number of rotatable bonds is 6. The fourth-order valence-electron chi connectivity index (χ4n) is 4.19. The highest BCUT2D eigenvalue weighted by molar-refractivity contribution is 5.71. The molecule has 1 fully saturated rings. The topological polar surface area (TPSA) is 92.7 Å². The van der Waals surface area contributed by atoms with E-state index in [4.69, 9.17) is 9.72 Å². The average molecular weight is 434 g/mol. The van der Waals surface area contributed by atoms with Crippen molar-refractivity contribution in [2.24, 2.45) is 5.92 Å². The van der Waals surface area contributed by atoms with Gasteiger partial charge in [0, 0.05) is 37.9 Å². The van der Waals surface area contributed by atoms with Crippen molar-refractivity contribution in [3.05, 3.63) is 54.1 Å². The van der Waals surface area contributed by atoms with E-state index in [2.05, 4.69) is 33.3 Å². The van der Waals surface area contributed by atoms with Crippen LogP contribution in [0.3, 0.4) is 0 Å². The van der Waals surface area contributed by atoms with E-state index in [1.807, 2.05) is 46.6 Å². The summed E-state index contributed by atoms with van der Waals surface area (Å²) < 4.78 is 9.27. The SMILES string of the molecule is COc1cc(-n2cnc(Nc3nc(N4CC[C@@H](CO)C4)c4cccn4n3)c2)cc(C)c1C. The molecule has 1 aliphatic heterocycles. The highest BCUT2D eigenvalue weighted by Crippen LogP contribution is 2.28. The molecule has 1 saturated heterocycles. The first-order valence-corrected chi connectivity index (χ1v) is 10.7. The summed E-state index contributed by atoms with van der Waals surface area (Å²) >= 11 is 0. The van der Waals surface area contributed by atoms with Crippen LogP contribution in [0.2, 0.25) is 0 Å². The molecular formula is C23H27N7O2. The lowest BCUT2D eigenvalue weighted by Gasteiger charge is -2.19. The molecule has 4 aromatic rings. The number of fused-ring (bicyclic) bond motifs is 1. The molecule has 0 amide bonds. The van der Waals surface area contributed by atoms with Crippen LogP contribution in [-0.4, -0.2) is 56.1 Å². The second kappa shape index (κ2) is 8.16. The van der Waals surface area contributed by atoms with Gasteiger partial charge in [-0.2, -0.15) is 4.98 Å². The minimum atomic E-state index is 0.199. The van der Waals surface area contributed by atoms with Gasteiger partial charge in [0.15, 0.2) is 11.6 Å². The molecule has 9 heteroatoms. The maximum absolute atomic E-state index is 9.52. The summed E-state index contributed by atoms with van der Waals surface area (Å²) in [5.74, 6) is 3.11. The molecule has 5 rings (SSSR count). The highest BCUT2D eigenvalue weighted by atomic mass is 16.5. The van der Waals surface area contributed by atoms with Crippen LogP contribution in [0.25, 0.3) is 11.2 Å². The predicted octanol–water partition coefficient (Wildman–Crippen LogP) is 3.10. The van der Waals surface area contributed by atoms with E-state index in [0.29, 0.717) is 11.8 Å². The molecule has 0 bridgehead atoms. The Morgan fingerprint density at radius 3 is 2.94 bits per heavy atom. The Morgan fingerprint density at radius 2 is 2.16 bits per heavy atom. The Morgan fingerprint density at radius 1 is 1.28 bits per heavy atom. The number of nitrogens with one attached hydrogen (secondary N) is 1. The molecule has 166 valence electrons. The van der Waals surface area contributed by atoms with E-state index in [1.54, 1.807) is 13.4 Å². The predicted molar refractivity (Wildman–Crippen MR) is 123 cm³/mol. The van der Waals surface area contributed by atoms with Gasteiger partial charge in [-0.1, -0.05) is 0 Å². The van der Waals surface area contributed by atoms with Crippen LogP contribution in [-0.2, 0) is 0 Å². The van der Waals surface area contributed by atoms with Crippen LogP contribution in [0.15, 0.2) is 43.0 Å². The molecule has 0 spiro atoms. The molecule has 0 unspecified atom stereocenters. The fraction of sp³-hybridized carbons (Fsp3) is 0.348. The van der Waals surface area contributed by atoms with Crippen LogP contribution < -0.4 is 15.0 Å². The van der Waals surface area contributed by atoms with Gasteiger partial charge in [-0.3, -0.25) is 0 Å². The van der Waals surface area contributed by atoms with Gasteiger partial charge in [-0.15, -0.1) is 5.10 Å². The number of aryl methyl sites for hydroxylation is 1. The van der Waals surface area contributed by atoms with E-state index in [1.165, 1.54) is 0 Å². The molecule has 0 radical (unpaired) electrons. The van der Waals surface area contributed by atoms with Gasteiger partial charge in [0.2, 0.25) is 5.95 Å². The number of methoxy groups -OCH3 is 1. The van der Waals surface area contributed by atoms with Gasteiger partial charge < -0.3 is 24.6 Å². The van der Waals surface area contributed by atoms with Gasteiger partial charge in [0.05, 0.1) is 19.0 Å². The molecule has 1 aliphatic rings. The number of imidazole rings is 1. The first kappa shape index (κ1) is 20.3. The van der Waals surface area contributed by atoms with Crippen LogP contribution in [0.5, 0.6) is 5.75 Å². The number of aliphatic hydroxyl groups excluding tert-OH is 1. The van der Waals surface area contributed by atoms with Crippen LogP contribution in [0.1, 0.15) is 17.5 Å². The van der Waals surface area contributed by atoms with E-state index in [-0.39, 0.29) is 12.5 Å². The third-order valence-electron chi connectivity index (χ3n) is 6.16. The van der Waals surface area contributed by atoms with Gasteiger partial charge in [-0.05, 0) is 49.6 Å². The summed E-state index contributed by atoms with van der Waals surface area (Å²) in [6.07, 6.45) is 6.53. The molecular weight excluding hydrogens is 406 g/mol. The number of hydrogen-bond acceptors (Lipinski definition) is 7. The number of hydrogen-bond donors (Lipinski definition) is 2. The number of anilines is 3. The molecule has 1 atom stereocenters. The monoisotopic (exact) mass is 433 g/mol. The number of benzene rings is 1. The molecule has 32 heavy (non-hydrogen) atoms. The van der Waals surface area contributed by atoms with E-state index in [9.17, 15) is 5.11 Å². The second-order valence-corrected chi connectivity index (χ2v) is 8.26. The van der Waals surface area contributed by atoms with Crippen molar-refractivity contribution in [2.45, 2.75) is 20.3 Å². The quantitative estimate of drug-likeness (QED) is 0.483. The summed E-state index contributed by atoms with van der Waals surface area (Å²) in [6, 6.07) is 8.07. The van der Waals surface area contributed by atoms with Crippen LogP contribution in [0.4, 0.5) is 17.6 Å². The zero-order valence-electron chi connectivity index (χ0n) is 18.5. The normalized spacial score (nSPS) is 16.1. The Bertz CT molecular complexity index is 1260. The number of ether oxygens (including phenoxy) is 1. The summed E-state index contributed by atoms with van der Waals surface area (Å²) in [4.78, 5) is 11.5. The van der Waals surface area contributed by atoms with Crippen molar-refractivity contribution in [1.29, 1.82) is 0 Å². The van der Waals surface area contributed by atoms with E-state index in [0.717, 1.165) is 53.4 Å². The maximum atomic E-state index is 9.52.